The Labute approximate surface area is 259 Å². The number of ether oxygens (including phenoxy) is 4. The monoisotopic (exact) mass is 641 g/mol. The van der Waals surface area contributed by atoms with E-state index in [1.54, 1.807) is 56.3 Å². The summed E-state index contributed by atoms with van der Waals surface area (Å²) >= 11 is 6.38. The molecule has 0 saturated carbocycles. The molecule has 5 heterocycles. The van der Waals surface area contributed by atoms with Crippen LogP contribution >= 0.6 is 45.3 Å². The maximum atomic E-state index is 12.9. The molecule has 1 unspecified atom stereocenters. The standard InChI is InChI=1S/C29H27N3O6S4/c33-20-35-29(32(18-26-7-3-11-41-26)19-27-8-4-12-42-27)38-23-13-22(14-30-15-23)36-21-37-28(34)31(16-24-5-1-9-39-24)17-25-6-2-10-40-25/h1-15,20,29H,16-19,21H2. The van der Waals surface area contributed by atoms with E-state index in [4.69, 9.17) is 18.9 Å². The lowest BCUT2D eigenvalue weighted by Crippen LogP contribution is -2.40. The van der Waals surface area contributed by atoms with Gasteiger partial charge in [-0.15, -0.1) is 45.3 Å². The average molecular weight is 642 g/mol. The van der Waals surface area contributed by atoms with Crippen LogP contribution in [0.15, 0.2) is 88.5 Å². The number of hydrogen-bond acceptors (Lipinski definition) is 12. The molecule has 1 atom stereocenters. The number of nitrogens with zero attached hydrogens (tertiary/aromatic N) is 3. The Morgan fingerprint density at radius 3 is 1.81 bits per heavy atom. The molecule has 1 amide bonds. The van der Waals surface area contributed by atoms with Gasteiger partial charge in [0.05, 0.1) is 25.5 Å². The molecule has 13 heteroatoms. The van der Waals surface area contributed by atoms with Crippen LogP contribution in [0.1, 0.15) is 19.5 Å². The van der Waals surface area contributed by atoms with E-state index in [-0.39, 0.29) is 6.79 Å². The summed E-state index contributed by atoms with van der Waals surface area (Å²) in [6.07, 6.45) is 1.48. The fraction of sp³-hybridized carbons (Fsp3) is 0.207. The maximum absolute atomic E-state index is 12.9. The SMILES string of the molecule is O=COC(Oc1cncc(OCOC(=O)N(Cc2cccs2)Cc2cccs2)c1)N(Cc1cccs1)Cc1cccs1. The Hall–Kier alpha value is -3.75. The van der Waals surface area contributed by atoms with Gasteiger partial charge in [0.2, 0.25) is 6.79 Å². The molecule has 218 valence electrons. The first-order chi connectivity index (χ1) is 20.7. The molecule has 9 nitrogen and oxygen atoms in total. The summed E-state index contributed by atoms with van der Waals surface area (Å²) in [4.78, 5) is 36.4. The maximum Gasteiger partial charge on any atom is 0.413 e. The first kappa shape index (κ1) is 29.7. The zero-order valence-corrected chi connectivity index (χ0v) is 25.5. The van der Waals surface area contributed by atoms with Gasteiger partial charge in [-0.1, -0.05) is 24.3 Å². The minimum Gasteiger partial charge on any atom is -0.456 e. The molecule has 5 rings (SSSR count). The third-order valence-corrected chi connectivity index (χ3v) is 9.24. The Morgan fingerprint density at radius 1 is 0.786 bits per heavy atom. The van der Waals surface area contributed by atoms with Crippen molar-refractivity contribution in [2.75, 3.05) is 6.79 Å². The number of amides is 1. The van der Waals surface area contributed by atoms with Crippen LogP contribution in [-0.2, 0) is 40.4 Å². The topological polar surface area (TPSA) is 90.4 Å². The lowest BCUT2D eigenvalue weighted by molar-refractivity contribution is -0.183. The zero-order chi connectivity index (χ0) is 29.0. The van der Waals surface area contributed by atoms with Crippen molar-refractivity contribution in [3.05, 3.63) is 108 Å². The highest BCUT2D eigenvalue weighted by atomic mass is 32.1. The average Bonchev–Trinajstić information content (AvgIpc) is 3.82. The Bertz CT molecular complexity index is 1410. The number of carbonyl (C=O) groups is 2. The van der Waals surface area contributed by atoms with E-state index >= 15 is 0 Å². The number of thiophene rings is 4. The van der Waals surface area contributed by atoms with E-state index in [9.17, 15) is 9.59 Å². The summed E-state index contributed by atoms with van der Waals surface area (Å²) in [6.45, 7) is 1.95. The van der Waals surface area contributed by atoms with Crippen molar-refractivity contribution < 1.29 is 28.5 Å². The van der Waals surface area contributed by atoms with Crippen LogP contribution in [0.2, 0.25) is 0 Å². The van der Waals surface area contributed by atoms with Crippen LogP contribution in [0.3, 0.4) is 0 Å². The first-order valence-electron chi connectivity index (χ1n) is 12.7. The lowest BCUT2D eigenvalue weighted by atomic mass is 10.4. The highest BCUT2D eigenvalue weighted by Crippen LogP contribution is 2.24. The molecule has 0 aliphatic carbocycles. The van der Waals surface area contributed by atoms with Gasteiger partial charge in [0.15, 0.2) is 0 Å². The van der Waals surface area contributed by atoms with E-state index in [2.05, 4.69) is 4.98 Å². The second-order valence-corrected chi connectivity index (χ2v) is 12.9. The van der Waals surface area contributed by atoms with E-state index in [1.807, 2.05) is 75.0 Å². The van der Waals surface area contributed by atoms with Gasteiger partial charge >= 0.3 is 12.5 Å². The molecule has 0 saturated heterocycles. The molecule has 42 heavy (non-hydrogen) atoms. The molecule has 0 radical (unpaired) electrons. The minimum atomic E-state index is -1.01. The van der Waals surface area contributed by atoms with Crippen molar-refractivity contribution in [3.8, 4) is 11.5 Å². The molecule has 0 spiro atoms. The molecule has 0 aliphatic rings. The third-order valence-electron chi connectivity index (χ3n) is 5.79. The number of hydrogen-bond donors (Lipinski definition) is 0. The molecule has 0 bridgehead atoms. The van der Waals surface area contributed by atoms with Gasteiger partial charge in [-0.2, -0.15) is 0 Å². The van der Waals surface area contributed by atoms with Crippen molar-refractivity contribution in [2.24, 2.45) is 0 Å². The van der Waals surface area contributed by atoms with Crippen molar-refractivity contribution in [1.29, 1.82) is 0 Å². The quantitative estimate of drug-likeness (QED) is 0.0837. The van der Waals surface area contributed by atoms with Crippen LogP contribution in [0.5, 0.6) is 11.5 Å². The van der Waals surface area contributed by atoms with Gasteiger partial charge in [0.1, 0.15) is 11.5 Å². The Morgan fingerprint density at radius 2 is 1.31 bits per heavy atom. The molecule has 0 aromatic carbocycles. The summed E-state index contributed by atoms with van der Waals surface area (Å²) < 4.78 is 22.6. The van der Waals surface area contributed by atoms with E-state index < -0.39 is 12.5 Å². The van der Waals surface area contributed by atoms with E-state index in [0.717, 1.165) is 19.5 Å². The molecular weight excluding hydrogens is 615 g/mol. The van der Waals surface area contributed by atoms with E-state index in [1.165, 1.54) is 12.4 Å². The van der Waals surface area contributed by atoms with Gasteiger partial charge in [-0.05, 0) is 45.8 Å². The molecular formula is C29H27N3O6S4. The van der Waals surface area contributed by atoms with Crippen molar-refractivity contribution in [2.45, 2.75) is 32.6 Å². The van der Waals surface area contributed by atoms with Crippen molar-refractivity contribution >= 4 is 57.9 Å². The van der Waals surface area contributed by atoms with Gasteiger partial charge < -0.3 is 18.9 Å². The Balaban J connectivity index is 1.20. The summed E-state index contributed by atoms with van der Waals surface area (Å²) in [5.74, 6) is 0.654. The van der Waals surface area contributed by atoms with Crippen LogP contribution in [0.4, 0.5) is 4.79 Å². The fourth-order valence-corrected chi connectivity index (χ4v) is 6.81. The predicted octanol–water partition coefficient (Wildman–Crippen LogP) is 7.04. The lowest BCUT2D eigenvalue weighted by Gasteiger charge is -2.29. The van der Waals surface area contributed by atoms with Crippen LogP contribution in [-0.4, -0.2) is 40.6 Å². The highest BCUT2D eigenvalue weighted by Gasteiger charge is 2.24. The van der Waals surface area contributed by atoms with Crippen molar-refractivity contribution in [1.82, 2.24) is 14.8 Å². The second kappa shape index (κ2) is 15.5. The largest absolute Gasteiger partial charge is 0.456 e. The second-order valence-electron chi connectivity index (χ2n) is 8.76. The summed E-state index contributed by atoms with van der Waals surface area (Å²) in [5.41, 5.74) is 0. The summed E-state index contributed by atoms with van der Waals surface area (Å²) in [5, 5.41) is 7.94. The van der Waals surface area contributed by atoms with Crippen LogP contribution in [0.25, 0.3) is 0 Å². The summed E-state index contributed by atoms with van der Waals surface area (Å²) in [7, 11) is 0. The predicted molar refractivity (Wildman–Crippen MR) is 164 cm³/mol. The minimum absolute atomic E-state index is 0.313. The van der Waals surface area contributed by atoms with Crippen molar-refractivity contribution in [3.63, 3.8) is 0 Å². The molecule has 0 aliphatic heterocycles. The highest BCUT2D eigenvalue weighted by molar-refractivity contribution is 7.10. The van der Waals surface area contributed by atoms with Gasteiger partial charge in [0.25, 0.3) is 6.47 Å². The number of carbonyl (C=O) groups excluding carboxylic acids is 2. The molecule has 5 aromatic rings. The van der Waals surface area contributed by atoms with Crippen LogP contribution in [0, 0.1) is 0 Å². The van der Waals surface area contributed by atoms with Gasteiger partial charge in [-0.25, -0.2) is 9.69 Å². The van der Waals surface area contributed by atoms with Gasteiger partial charge in [-0.3, -0.25) is 14.7 Å². The van der Waals surface area contributed by atoms with E-state index in [0.29, 0.717) is 44.2 Å². The third kappa shape index (κ3) is 8.87. The zero-order valence-electron chi connectivity index (χ0n) is 22.3. The molecule has 0 fully saturated rings. The fourth-order valence-electron chi connectivity index (χ4n) is 3.91. The Kier molecular flexibility index (Phi) is 11.0. The first-order valence-corrected chi connectivity index (χ1v) is 16.3. The molecule has 5 aromatic heterocycles. The van der Waals surface area contributed by atoms with Crippen LogP contribution < -0.4 is 9.47 Å². The smallest absolute Gasteiger partial charge is 0.413 e. The summed E-state index contributed by atoms with van der Waals surface area (Å²) in [6, 6.07) is 17.5. The normalized spacial score (nSPS) is 11.6. The van der Waals surface area contributed by atoms with Gasteiger partial charge in [0, 0.05) is 38.7 Å². The number of pyridine rings is 1. The number of rotatable bonds is 16. The molecule has 0 N–H and O–H groups in total. The number of aromatic nitrogens is 1.